The number of methoxy groups -OCH3 is 1. The molecule has 0 aliphatic carbocycles. The Morgan fingerprint density at radius 2 is 2.20 bits per heavy atom. The lowest BCUT2D eigenvalue weighted by atomic mass is 10.1. The Hall–Kier alpha value is -1.79. The molecule has 0 saturated carbocycles. The van der Waals surface area contributed by atoms with Crippen molar-refractivity contribution >= 4 is 17.3 Å². The van der Waals surface area contributed by atoms with Gasteiger partial charge in [0, 0.05) is 26.2 Å². The Kier molecular flexibility index (Phi) is 5.20. The van der Waals surface area contributed by atoms with Crippen LogP contribution in [-0.4, -0.2) is 57.4 Å². The van der Waals surface area contributed by atoms with E-state index in [2.05, 4.69) is 10.2 Å². The van der Waals surface area contributed by atoms with Gasteiger partial charge >= 0.3 is 5.97 Å². The van der Waals surface area contributed by atoms with Crippen LogP contribution in [0.5, 0.6) is 0 Å². The van der Waals surface area contributed by atoms with Crippen LogP contribution in [0.1, 0.15) is 10.4 Å². The Labute approximate surface area is 118 Å². The number of rotatable bonds is 5. The molecule has 3 N–H and O–H groups in total. The lowest BCUT2D eigenvalue weighted by Gasteiger charge is -2.26. The molecular formula is C14H21N3O3. The van der Waals surface area contributed by atoms with E-state index in [1.165, 1.54) is 7.11 Å². The van der Waals surface area contributed by atoms with Crippen LogP contribution in [0, 0.1) is 0 Å². The lowest BCUT2D eigenvalue weighted by Crippen LogP contribution is -2.39. The number of esters is 1. The lowest BCUT2D eigenvalue weighted by molar-refractivity contribution is 0.0398. The highest BCUT2D eigenvalue weighted by Gasteiger charge is 2.14. The van der Waals surface area contributed by atoms with E-state index in [0.29, 0.717) is 16.9 Å². The Bertz CT molecular complexity index is 459. The van der Waals surface area contributed by atoms with Crippen LogP contribution in [0.2, 0.25) is 0 Å². The second-order valence-corrected chi connectivity index (χ2v) is 4.64. The predicted octanol–water partition coefficient (Wildman–Crippen LogP) is 0.799. The molecule has 110 valence electrons. The molecule has 0 atom stereocenters. The van der Waals surface area contributed by atoms with E-state index in [-0.39, 0.29) is 5.97 Å². The van der Waals surface area contributed by atoms with Crippen molar-refractivity contribution in [2.45, 2.75) is 0 Å². The van der Waals surface area contributed by atoms with Gasteiger partial charge in [0.25, 0.3) is 0 Å². The van der Waals surface area contributed by atoms with E-state index in [9.17, 15) is 4.79 Å². The molecule has 1 aromatic rings. The number of morpholine rings is 1. The maximum absolute atomic E-state index is 11.7. The fourth-order valence-electron chi connectivity index (χ4n) is 2.21. The van der Waals surface area contributed by atoms with Gasteiger partial charge in [0.2, 0.25) is 0 Å². The first kappa shape index (κ1) is 14.6. The van der Waals surface area contributed by atoms with Gasteiger partial charge in [-0.15, -0.1) is 0 Å². The van der Waals surface area contributed by atoms with Crippen molar-refractivity contribution in [3.63, 3.8) is 0 Å². The summed E-state index contributed by atoms with van der Waals surface area (Å²) in [7, 11) is 1.36. The molecule has 0 aromatic heterocycles. The number of hydrogen-bond donors (Lipinski definition) is 2. The molecule has 0 unspecified atom stereocenters. The molecule has 6 nitrogen and oxygen atoms in total. The van der Waals surface area contributed by atoms with Gasteiger partial charge in [-0.2, -0.15) is 0 Å². The quantitative estimate of drug-likeness (QED) is 0.613. The number of anilines is 2. The average Bonchev–Trinajstić information content (AvgIpc) is 2.49. The molecule has 1 aliphatic rings. The van der Waals surface area contributed by atoms with Crippen molar-refractivity contribution in [1.82, 2.24) is 4.90 Å². The van der Waals surface area contributed by atoms with Crippen LogP contribution in [0.15, 0.2) is 18.2 Å². The number of nitrogens with one attached hydrogen (secondary N) is 1. The molecule has 1 heterocycles. The van der Waals surface area contributed by atoms with Crippen LogP contribution >= 0.6 is 0 Å². The van der Waals surface area contributed by atoms with Gasteiger partial charge in [0.05, 0.1) is 37.3 Å². The third kappa shape index (κ3) is 3.61. The maximum atomic E-state index is 11.7. The molecule has 1 fully saturated rings. The fraction of sp³-hybridized carbons (Fsp3) is 0.500. The second kappa shape index (κ2) is 7.12. The zero-order chi connectivity index (χ0) is 14.4. The minimum Gasteiger partial charge on any atom is -0.465 e. The molecule has 0 spiro atoms. The zero-order valence-electron chi connectivity index (χ0n) is 11.7. The topological polar surface area (TPSA) is 76.8 Å². The summed E-state index contributed by atoms with van der Waals surface area (Å²) >= 11 is 0. The summed E-state index contributed by atoms with van der Waals surface area (Å²) in [5, 5.41) is 3.24. The predicted molar refractivity (Wildman–Crippen MR) is 77.9 cm³/mol. The number of benzene rings is 1. The van der Waals surface area contributed by atoms with Gasteiger partial charge in [-0.1, -0.05) is 6.07 Å². The van der Waals surface area contributed by atoms with E-state index in [0.717, 1.165) is 39.4 Å². The molecule has 2 rings (SSSR count). The van der Waals surface area contributed by atoms with Crippen LogP contribution in [0.3, 0.4) is 0 Å². The summed E-state index contributed by atoms with van der Waals surface area (Å²) in [5.74, 6) is -0.383. The molecule has 1 aromatic carbocycles. The van der Waals surface area contributed by atoms with Crippen molar-refractivity contribution in [3.05, 3.63) is 23.8 Å². The van der Waals surface area contributed by atoms with E-state index in [1.807, 2.05) is 0 Å². The fourth-order valence-corrected chi connectivity index (χ4v) is 2.21. The Balaban J connectivity index is 1.95. The number of ether oxygens (including phenoxy) is 2. The summed E-state index contributed by atoms with van der Waals surface area (Å²) in [5.41, 5.74) is 7.59. The minimum absolute atomic E-state index is 0.383. The Morgan fingerprint density at radius 3 is 2.90 bits per heavy atom. The van der Waals surface area contributed by atoms with Gasteiger partial charge in [-0.05, 0) is 12.1 Å². The minimum atomic E-state index is -0.383. The monoisotopic (exact) mass is 279 g/mol. The van der Waals surface area contributed by atoms with Gasteiger partial charge < -0.3 is 20.5 Å². The summed E-state index contributed by atoms with van der Waals surface area (Å²) in [6.45, 7) is 5.05. The van der Waals surface area contributed by atoms with Crippen LogP contribution < -0.4 is 11.1 Å². The van der Waals surface area contributed by atoms with Gasteiger partial charge in [-0.25, -0.2) is 4.79 Å². The van der Waals surface area contributed by atoms with Crippen LogP contribution in [-0.2, 0) is 9.47 Å². The second-order valence-electron chi connectivity index (χ2n) is 4.64. The number of nitrogen functional groups attached to an aromatic ring is 1. The SMILES string of the molecule is COC(=O)c1cccc(N)c1NCCN1CCOCC1. The van der Waals surface area contributed by atoms with E-state index in [1.54, 1.807) is 18.2 Å². The first-order valence-electron chi connectivity index (χ1n) is 6.73. The molecule has 0 amide bonds. The number of carbonyl (C=O) groups is 1. The first-order valence-corrected chi connectivity index (χ1v) is 6.73. The van der Waals surface area contributed by atoms with Crippen LogP contribution in [0.25, 0.3) is 0 Å². The van der Waals surface area contributed by atoms with Crippen molar-refractivity contribution < 1.29 is 14.3 Å². The van der Waals surface area contributed by atoms with E-state index in [4.69, 9.17) is 15.2 Å². The average molecular weight is 279 g/mol. The molecular weight excluding hydrogens is 258 g/mol. The largest absolute Gasteiger partial charge is 0.465 e. The van der Waals surface area contributed by atoms with Gasteiger partial charge in [-0.3, -0.25) is 4.90 Å². The zero-order valence-corrected chi connectivity index (χ0v) is 11.7. The molecule has 20 heavy (non-hydrogen) atoms. The van der Waals surface area contributed by atoms with Crippen molar-refractivity contribution in [2.24, 2.45) is 0 Å². The number of hydrogen-bond acceptors (Lipinski definition) is 6. The van der Waals surface area contributed by atoms with Crippen molar-refractivity contribution in [1.29, 1.82) is 0 Å². The number of carbonyl (C=O) groups excluding carboxylic acids is 1. The third-order valence-electron chi connectivity index (χ3n) is 3.34. The maximum Gasteiger partial charge on any atom is 0.340 e. The normalized spacial score (nSPS) is 15.8. The van der Waals surface area contributed by atoms with Crippen molar-refractivity contribution in [2.75, 3.05) is 57.6 Å². The first-order chi connectivity index (χ1) is 9.72. The number of nitrogens with zero attached hydrogens (tertiary/aromatic N) is 1. The highest BCUT2D eigenvalue weighted by molar-refractivity contribution is 5.98. The molecule has 1 saturated heterocycles. The van der Waals surface area contributed by atoms with E-state index >= 15 is 0 Å². The Morgan fingerprint density at radius 1 is 1.45 bits per heavy atom. The third-order valence-corrected chi connectivity index (χ3v) is 3.34. The highest BCUT2D eigenvalue weighted by Crippen LogP contribution is 2.23. The summed E-state index contributed by atoms with van der Waals surface area (Å²) in [6, 6.07) is 5.22. The van der Waals surface area contributed by atoms with Gasteiger partial charge in [0.15, 0.2) is 0 Å². The molecule has 0 radical (unpaired) electrons. The van der Waals surface area contributed by atoms with Gasteiger partial charge in [0.1, 0.15) is 0 Å². The molecule has 6 heteroatoms. The summed E-state index contributed by atoms with van der Waals surface area (Å²) < 4.78 is 10.1. The molecule has 1 aliphatic heterocycles. The van der Waals surface area contributed by atoms with Crippen molar-refractivity contribution in [3.8, 4) is 0 Å². The summed E-state index contributed by atoms with van der Waals surface area (Å²) in [6.07, 6.45) is 0. The smallest absolute Gasteiger partial charge is 0.340 e. The van der Waals surface area contributed by atoms with Crippen LogP contribution in [0.4, 0.5) is 11.4 Å². The number of nitrogens with two attached hydrogens (primary N) is 1. The molecule has 0 bridgehead atoms. The highest BCUT2D eigenvalue weighted by atomic mass is 16.5. The standard InChI is InChI=1S/C14H21N3O3/c1-19-14(18)11-3-2-4-12(15)13(11)16-5-6-17-7-9-20-10-8-17/h2-4,16H,5-10,15H2,1H3. The summed E-state index contributed by atoms with van der Waals surface area (Å²) in [4.78, 5) is 14.0. The van der Waals surface area contributed by atoms with E-state index < -0.39 is 0 Å². The number of para-hydroxylation sites is 1.